The Kier molecular flexibility index (Phi) is 6.68. The monoisotopic (exact) mass is 420 g/mol. The second kappa shape index (κ2) is 9.62. The Morgan fingerprint density at radius 1 is 1.13 bits per heavy atom. The fraction of sp³-hybridized carbons (Fsp3) is 0.440. The highest BCUT2D eigenvalue weighted by molar-refractivity contribution is 6.02. The number of nitrogens with two attached hydrogens (primary N) is 1. The first-order valence-electron chi connectivity index (χ1n) is 11.3. The number of ether oxygens (including phenoxy) is 1. The first kappa shape index (κ1) is 21.5. The molecule has 0 bridgehead atoms. The molecule has 1 aromatic carbocycles. The standard InChI is InChI=1S/C25H32N4O2/c1-3-7-22-24(21-11-10-19-8-4-5-9-20(19)27-21)23(25(26)30)18(2)29(22)13-6-12-28-14-16-31-17-15-28/h4-5,8-11H,3,6-7,12-17H2,1-2H3,(H2,26,30). The number of hydrogen-bond donors (Lipinski definition) is 1. The van der Waals surface area contributed by atoms with Crippen LogP contribution in [-0.2, 0) is 17.7 Å². The van der Waals surface area contributed by atoms with Crippen molar-refractivity contribution in [1.82, 2.24) is 14.5 Å². The van der Waals surface area contributed by atoms with E-state index in [0.29, 0.717) is 5.56 Å². The summed E-state index contributed by atoms with van der Waals surface area (Å²) in [6, 6.07) is 12.1. The van der Waals surface area contributed by atoms with Crippen molar-refractivity contribution in [2.45, 2.75) is 39.7 Å². The lowest BCUT2D eigenvalue weighted by molar-refractivity contribution is 0.0369. The van der Waals surface area contributed by atoms with Crippen molar-refractivity contribution < 1.29 is 9.53 Å². The third-order valence-electron chi connectivity index (χ3n) is 6.18. The summed E-state index contributed by atoms with van der Waals surface area (Å²) in [5.74, 6) is -0.383. The van der Waals surface area contributed by atoms with Crippen molar-refractivity contribution in [3.8, 4) is 11.3 Å². The molecule has 1 aliphatic rings. The fourth-order valence-electron chi connectivity index (χ4n) is 4.66. The van der Waals surface area contributed by atoms with E-state index in [0.717, 1.165) is 86.5 Å². The van der Waals surface area contributed by atoms with Gasteiger partial charge in [-0.1, -0.05) is 37.6 Å². The summed E-state index contributed by atoms with van der Waals surface area (Å²) in [6.45, 7) is 9.69. The van der Waals surface area contributed by atoms with Crippen molar-refractivity contribution in [2.24, 2.45) is 5.73 Å². The van der Waals surface area contributed by atoms with E-state index >= 15 is 0 Å². The highest BCUT2D eigenvalue weighted by atomic mass is 16.5. The number of para-hydroxylation sites is 1. The van der Waals surface area contributed by atoms with Crippen LogP contribution in [-0.4, -0.2) is 53.2 Å². The summed E-state index contributed by atoms with van der Waals surface area (Å²) < 4.78 is 7.76. The average Bonchev–Trinajstić information content (AvgIpc) is 3.06. The van der Waals surface area contributed by atoms with Gasteiger partial charge >= 0.3 is 0 Å². The zero-order valence-electron chi connectivity index (χ0n) is 18.6. The Morgan fingerprint density at radius 2 is 1.90 bits per heavy atom. The Morgan fingerprint density at radius 3 is 2.65 bits per heavy atom. The molecule has 1 fully saturated rings. The molecule has 6 nitrogen and oxygen atoms in total. The highest BCUT2D eigenvalue weighted by Crippen LogP contribution is 2.34. The number of primary amides is 1. The molecule has 0 saturated carbocycles. The summed E-state index contributed by atoms with van der Waals surface area (Å²) in [5, 5.41) is 1.09. The Labute approximate surface area is 184 Å². The molecule has 0 radical (unpaired) electrons. The number of benzene rings is 1. The second-order valence-corrected chi connectivity index (χ2v) is 8.24. The molecule has 0 atom stereocenters. The lowest BCUT2D eigenvalue weighted by atomic mass is 10.0. The fourth-order valence-corrected chi connectivity index (χ4v) is 4.66. The predicted molar refractivity (Wildman–Crippen MR) is 124 cm³/mol. The van der Waals surface area contributed by atoms with Crippen molar-refractivity contribution in [2.75, 3.05) is 32.8 Å². The van der Waals surface area contributed by atoms with Gasteiger partial charge in [-0.05, 0) is 31.9 Å². The van der Waals surface area contributed by atoms with Gasteiger partial charge in [-0.3, -0.25) is 9.69 Å². The number of carbonyl (C=O) groups is 1. The quantitative estimate of drug-likeness (QED) is 0.602. The number of morpholine rings is 1. The minimum absolute atomic E-state index is 0.383. The van der Waals surface area contributed by atoms with E-state index < -0.39 is 0 Å². The van der Waals surface area contributed by atoms with Gasteiger partial charge in [-0.2, -0.15) is 0 Å². The molecule has 3 aromatic rings. The van der Waals surface area contributed by atoms with Gasteiger partial charge in [0.05, 0.1) is 30.0 Å². The summed E-state index contributed by atoms with van der Waals surface area (Å²) in [6.07, 6.45) is 2.90. The number of rotatable bonds is 8. The van der Waals surface area contributed by atoms with Crippen molar-refractivity contribution >= 4 is 16.8 Å². The lowest BCUT2D eigenvalue weighted by Gasteiger charge is -2.26. The summed E-state index contributed by atoms with van der Waals surface area (Å²) in [4.78, 5) is 19.9. The minimum Gasteiger partial charge on any atom is -0.379 e. The first-order chi connectivity index (χ1) is 15.1. The first-order valence-corrected chi connectivity index (χ1v) is 11.3. The predicted octanol–water partition coefficient (Wildman–Crippen LogP) is 3.79. The molecule has 1 aliphatic heterocycles. The number of pyridine rings is 1. The zero-order chi connectivity index (χ0) is 21.8. The zero-order valence-corrected chi connectivity index (χ0v) is 18.6. The van der Waals surface area contributed by atoms with E-state index in [2.05, 4.69) is 28.5 Å². The number of aromatic nitrogens is 2. The van der Waals surface area contributed by atoms with E-state index in [1.165, 1.54) is 5.69 Å². The summed E-state index contributed by atoms with van der Waals surface area (Å²) in [7, 11) is 0. The molecule has 164 valence electrons. The Hall–Kier alpha value is -2.70. The van der Waals surface area contributed by atoms with Gasteiger partial charge in [0.25, 0.3) is 5.91 Å². The smallest absolute Gasteiger partial charge is 0.251 e. The Bertz CT molecular complexity index is 1070. The minimum atomic E-state index is -0.383. The van der Waals surface area contributed by atoms with Gasteiger partial charge in [-0.15, -0.1) is 0 Å². The van der Waals surface area contributed by atoms with E-state index in [1.54, 1.807) is 0 Å². The maximum Gasteiger partial charge on any atom is 0.251 e. The van der Waals surface area contributed by atoms with Crippen molar-refractivity contribution in [3.63, 3.8) is 0 Å². The van der Waals surface area contributed by atoms with Gasteiger partial charge in [-0.25, -0.2) is 4.98 Å². The Balaban J connectivity index is 1.72. The van der Waals surface area contributed by atoms with Crippen LogP contribution in [0.4, 0.5) is 0 Å². The van der Waals surface area contributed by atoms with Gasteiger partial charge in [0.1, 0.15) is 0 Å². The number of fused-ring (bicyclic) bond motifs is 1. The van der Waals surface area contributed by atoms with Crippen LogP contribution in [0.2, 0.25) is 0 Å². The maximum absolute atomic E-state index is 12.5. The summed E-state index contributed by atoms with van der Waals surface area (Å²) in [5.41, 5.74) is 11.3. The molecule has 0 spiro atoms. The molecule has 0 unspecified atom stereocenters. The molecular formula is C25H32N4O2. The van der Waals surface area contributed by atoms with Crippen LogP contribution in [0.15, 0.2) is 36.4 Å². The molecule has 4 rings (SSSR count). The number of nitrogens with zero attached hydrogens (tertiary/aromatic N) is 3. The van der Waals surface area contributed by atoms with Gasteiger partial charge in [0.2, 0.25) is 0 Å². The van der Waals surface area contributed by atoms with Crippen LogP contribution in [0.5, 0.6) is 0 Å². The van der Waals surface area contributed by atoms with Crippen molar-refractivity contribution in [1.29, 1.82) is 0 Å². The van der Waals surface area contributed by atoms with Crippen molar-refractivity contribution in [3.05, 3.63) is 53.3 Å². The van der Waals surface area contributed by atoms with E-state index in [9.17, 15) is 4.79 Å². The van der Waals surface area contributed by atoms with Crippen LogP contribution in [0, 0.1) is 6.92 Å². The van der Waals surface area contributed by atoms with E-state index in [1.807, 2.05) is 31.2 Å². The molecule has 2 aromatic heterocycles. The maximum atomic E-state index is 12.5. The third-order valence-corrected chi connectivity index (χ3v) is 6.18. The number of carbonyl (C=O) groups excluding carboxylic acids is 1. The number of hydrogen-bond acceptors (Lipinski definition) is 4. The molecule has 2 N–H and O–H groups in total. The molecule has 1 saturated heterocycles. The van der Waals surface area contributed by atoms with Crippen LogP contribution in [0.25, 0.3) is 22.2 Å². The highest BCUT2D eigenvalue weighted by Gasteiger charge is 2.25. The average molecular weight is 421 g/mol. The van der Waals surface area contributed by atoms with E-state index in [-0.39, 0.29) is 5.91 Å². The van der Waals surface area contributed by atoms with Gasteiger partial charge in [0, 0.05) is 48.5 Å². The van der Waals surface area contributed by atoms with Crippen LogP contribution >= 0.6 is 0 Å². The third kappa shape index (κ3) is 4.50. The molecule has 3 heterocycles. The molecule has 6 heteroatoms. The lowest BCUT2D eigenvalue weighted by Crippen LogP contribution is -2.37. The van der Waals surface area contributed by atoms with Gasteiger partial charge in [0.15, 0.2) is 0 Å². The number of amides is 1. The van der Waals surface area contributed by atoms with Crippen LogP contribution in [0.3, 0.4) is 0 Å². The topological polar surface area (TPSA) is 73.4 Å². The molecular weight excluding hydrogens is 388 g/mol. The molecule has 31 heavy (non-hydrogen) atoms. The van der Waals surface area contributed by atoms with E-state index in [4.69, 9.17) is 15.5 Å². The normalized spacial score (nSPS) is 14.9. The molecule has 1 amide bonds. The SMILES string of the molecule is CCCc1c(-c2ccc3ccccc3n2)c(C(N)=O)c(C)n1CCCN1CCOCC1. The largest absolute Gasteiger partial charge is 0.379 e. The van der Waals surface area contributed by atoms with Gasteiger partial charge < -0.3 is 15.0 Å². The summed E-state index contributed by atoms with van der Waals surface area (Å²) >= 11 is 0. The molecule has 0 aliphatic carbocycles. The second-order valence-electron chi connectivity index (χ2n) is 8.24. The van der Waals surface area contributed by atoms with Crippen LogP contribution in [0.1, 0.15) is 41.5 Å². The van der Waals surface area contributed by atoms with Crippen LogP contribution < -0.4 is 5.73 Å².